The molecule has 0 aliphatic carbocycles. The molecule has 1 N–H and O–H groups in total. The minimum absolute atomic E-state index is 0.0489. The zero-order valence-electron chi connectivity index (χ0n) is 17.5. The van der Waals surface area contributed by atoms with E-state index in [-0.39, 0.29) is 16.9 Å². The first-order chi connectivity index (χ1) is 14.0. The number of amides is 1. The number of hydrogen-bond acceptors (Lipinski definition) is 5. The van der Waals surface area contributed by atoms with Crippen LogP contribution in [0.4, 0.5) is 11.4 Å². The highest BCUT2D eigenvalue weighted by molar-refractivity contribution is 7.89. The van der Waals surface area contributed by atoms with Crippen molar-refractivity contribution < 1.29 is 17.9 Å². The fourth-order valence-corrected chi connectivity index (χ4v) is 5.63. The minimum Gasteiger partial charge on any atom is -0.378 e. The fourth-order valence-electron chi connectivity index (χ4n) is 4.08. The lowest BCUT2D eigenvalue weighted by molar-refractivity contribution is -0.118. The van der Waals surface area contributed by atoms with Crippen molar-refractivity contribution >= 4 is 27.3 Å². The molecule has 0 saturated carbocycles. The summed E-state index contributed by atoms with van der Waals surface area (Å²) in [6.45, 7) is 7.43. The number of carbonyl (C=O) groups is 1. The second-order valence-electron chi connectivity index (χ2n) is 7.70. The zero-order valence-corrected chi connectivity index (χ0v) is 18.3. The minimum atomic E-state index is -3.56. The fraction of sp³-hybridized carbons (Fsp3) is 0.667. The van der Waals surface area contributed by atoms with Gasteiger partial charge in [-0.2, -0.15) is 4.31 Å². The Morgan fingerprint density at radius 3 is 2.52 bits per heavy atom. The molecule has 7 nitrogen and oxygen atoms in total. The molecule has 162 valence electrons. The van der Waals surface area contributed by atoms with Gasteiger partial charge in [-0.05, 0) is 57.7 Å². The number of benzene rings is 1. The molecule has 1 aromatic carbocycles. The Hall–Kier alpha value is -1.64. The summed E-state index contributed by atoms with van der Waals surface area (Å²) in [5.41, 5.74) is 1.39. The molecule has 1 aromatic rings. The van der Waals surface area contributed by atoms with Crippen LogP contribution in [0.1, 0.15) is 52.4 Å². The molecule has 3 rings (SSSR count). The number of nitrogens with zero attached hydrogens (tertiary/aromatic N) is 2. The molecular weight excluding hydrogens is 390 g/mol. The van der Waals surface area contributed by atoms with Gasteiger partial charge in [0.05, 0.1) is 28.8 Å². The van der Waals surface area contributed by atoms with Crippen molar-refractivity contribution in [1.29, 1.82) is 0 Å². The van der Waals surface area contributed by atoms with E-state index in [0.29, 0.717) is 31.8 Å². The molecule has 2 saturated heterocycles. The van der Waals surface area contributed by atoms with Crippen molar-refractivity contribution in [1.82, 2.24) is 4.31 Å². The van der Waals surface area contributed by atoms with Crippen molar-refractivity contribution in [3.63, 3.8) is 0 Å². The summed E-state index contributed by atoms with van der Waals surface area (Å²) in [6.07, 6.45) is 4.96. The van der Waals surface area contributed by atoms with Crippen LogP contribution in [-0.4, -0.2) is 57.5 Å². The Morgan fingerprint density at radius 2 is 1.90 bits per heavy atom. The molecule has 1 atom stereocenters. The first kappa shape index (κ1) is 22.1. The maximum atomic E-state index is 13.1. The maximum Gasteiger partial charge on any atom is 0.243 e. The Bertz CT molecular complexity index is 796. The van der Waals surface area contributed by atoms with Crippen LogP contribution in [0.15, 0.2) is 23.1 Å². The lowest BCUT2D eigenvalue weighted by Crippen LogP contribution is -2.35. The van der Waals surface area contributed by atoms with Gasteiger partial charge < -0.3 is 15.0 Å². The topological polar surface area (TPSA) is 79.0 Å². The number of anilines is 2. The molecule has 2 aliphatic heterocycles. The normalized spacial score (nSPS) is 20.6. The van der Waals surface area contributed by atoms with Crippen LogP contribution in [0.3, 0.4) is 0 Å². The van der Waals surface area contributed by atoms with Crippen LogP contribution in [-0.2, 0) is 19.6 Å². The van der Waals surface area contributed by atoms with E-state index in [1.807, 2.05) is 19.9 Å². The summed E-state index contributed by atoms with van der Waals surface area (Å²) in [5.74, 6) is -0.141. The number of carbonyl (C=O) groups excluding carboxylic acids is 1. The van der Waals surface area contributed by atoms with Gasteiger partial charge in [0.15, 0.2) is 0 Å². The van der Waals surface area contributed by atoms with E-state index >= 15 is 0 Å². The van der Waals surface area contributed by atoms with E-state index in [1.165, 1.54) is 0 Å². The Balaban J connectivity index is 1.87. The van der Waals surface area contributed by atoms with Crippen molar-refractivity contribution in [2.45, 2.75) is 63.4 Å². The molecule has 1 amide bonds. The van der Waals surface area contributed by atoms with Gasteiger partial charge >= 0.3 is 0 Å². The molecule has 2 heterocycles. The largest absolute Gasteiger partial charge is 0.378 e. The Morgan fingerprint density at radius 1 is 1.17 bits per heavy atom. The van der Waals surface area contributed by atoms with Crippen molar-refractivity contribution in [3.8, 4) is 0 Å². The van der Waals surface area contributed by atoms with E-state index < -0.39 is 10.0 Å². The third-order valence-corrected chi connectivity index (χ3v) is 7.63. The van der Waals surface area contributed by atoms with Crippen LogP contribution >= 0.6 is 0 Å². The molecular formula is C21H33N3O4S. The van der Waals surface area contributed by atoms with E-state index in [4.69, 9.17) is 4.74 Å². The van der Waals surface area contributed by atoms with Crippen LogP contribution in [0.5, 0.6) is 0 Å². The molecule has 0 aromatic heterocycles. The molecule has 2 aliphatic rings. The van der Waals surface area contributed by atoms with E-state index in [1.54, 1.807) is 16.4 Å². The number of hydrogen-bond donors (Lipinski definition) is 1. The predicted molar refractivity (Wildman–Crippen MR) is 115 cm³/mol. The van der Waals surface area contributed by atoms with Crippen LogP contribution in [0, 0.1) is 0 Å². The summed E-state index contributed by atoms with van der Waals surface area (Å²) in [7, 11) is -3.56. The SMILES string of the molecule is CCN(CC)c1ccc(S(=O)(=O)N2CCCCC2)cc1NC(=O)C[C@@H]1CCCO1. The first-order valence-electron chi connectivity index (χ1n) is 10.8. The van der Waals surface area contributed by atoms with Gasteiger partial charge in [-0.1, -0.05) is 6.42 Å². The smallest absolute Gasteiger partial charge is 0.243 e. The van der Waals surface area contributed by atoms with E-state index in [2.05, 4.69) is 10.2 Å². The number of sulfonamides is 1. The molecule has 2 fully saturated rings. The monoisotopic (exact) mass is 423 g/mol. The van der Waals surface area contributed by atoms with Crippen LogP contribution in [0.25, 0.3) is 0 Å². The second kappa shape index (κ2) is 9.91. The molecule has 0 bridgehead atoms. The Kier molecular flexibility index (Phi) is 7.54. The lowest BCUT2D eigenvalue weighted by atomic mass is 10.1. The van der Waals surface area contributed by atoms with Gasteiger partial charge in [0.1, 0.15) is 0 Å². The lowest BCUT2D eigenvalue weighted by Gasteiger charge is -2.28. The first-order valence-corrected chi connectivity index (χ1v) is 12.2. The quantitative estimate of drug-likeness (QED) is 0.695. The third-order valence-electron chi connectivity index (χ3n) is 5.74. The summed E-state index contributed by atoms with van der Waals surface area (Å²) in [4.78, 5) is 15.0. The van der Waals surface area contributed by atoms with Gasteiger partial charge in [0.25, 0.3) is 0 Å². The number of ether oxygens (including phenoxy) is 1. The maximum absolute atomic E-state index is 13.1. The molecule has 0 spiro atoms. The highest BCUT2D eigenvalue weighted by Crippen LogP contribution is 2.31. The van der Waals surface area contributed by atoms with E-state index in [0.717, 1.165) is 50.9 Å². The van der Waals surface area contributed by atoms with Gasteiger partial charge in [-0.15, -0.1) is 0 Å². The summed E-state index contributed by atoms with van der Waals surface area (Å²) in [5, 5.41) is 2.96. The average molecular weight is 424 g/mol. The third kappa shape index (κ3) is 5.29. The number of piperidine rings is 1. The van der Waals surface area contributed by atoms with Gasteiger partial charge in [-0.25, -0.2) is 8.42 Å². The van der Waals surface area contributed by atoms with Gasteiger partial charge in [-0.3, -0.25) is 4.79 Å². The van der Waals surface area contributed by atoms with Gasteiger partial charge in [0.2, 0.25) is 15.9 Å². The van der Waals surface area contributed by atoms with Crippen LogP contribution < -0.4 is 10.2 Å². The number of rotatable bonds is 8. The molecule has 0 radical (unpaired) electrons. The van der Waals surface area contributed by atoms with Gasteiger partial charge in [0, 0.05) is 32.8 Å². The van der Waals surface area contributed by atoms with Crippen molar-refractivity contribution in [3.05, 3.63) is 18.2 Å². The highest BCUT2D eigenvalue weighted by atomic mass is 32.2. The molecule has 29 heavy (non-hydrogen) atoms. The Labute approximate surface area is 174 Å². The summed E-state index contributed by atoms with van der Waals surface area (Å²) < 4.78 is 33.3. The number of nitrogens with one attached hydrogen (secondary N) is 1. The summed E-state index contributed by atoms with van der Waals surface area (Å²) >= 11 is 0. The van der Waals surface area contributed by atoms with Crippen molar-refractivity contribution in [2.75, 3.05) is 43.0 Å². The zero-order chi connectivity index (χ0) is 20.9. The average Bonchev–Trinajstić information content (AvgIpc) is 3.23. The highest BCUT2D eigenvalue weighted by Gasteiger charge is 2.27. The second-order valence-corrected chi connectivity index (χ2v) is 9.64. The van der Waals surface area contributed by atoms with Crippen molar-refractivity contribution in [2.24, 2.45) is 0 Å². The predicted octanol–water partition coefficient (Wildman–Crippen LogP) is 3.22. The van der Waals surface area contributed by atoms with E-state index in [9.17, 15) is 13.2 Å². The molecule has 8 heteroatoms. The van der Waals surface area contributed by atoms with Crippen LogP contribution in [0.2, 0.25) is 0 Å². The molecule has 0 unspecified atom stereocenters. The summed E-state index contributed by atoms with van der Waals surface area (Å²) in [6, 6.07) is 5.09. The standard InChI is InChI=1S/C21H33N3O4S/c1-3-23(4-2)20-11-10-18(29(26,27)24-12-6-5-7-13-24)16-19(20)22-21(25)15-17-9-8-14-28-17/h10-11,16-17H,3-9,12-15H2,1-2H3,(H,22,25)/t17-/m0/s1.